The van der Waals surface area contributed by atoms with Crippen molar-refractivity contribution < 1.29 is 43.3 Å². The van der Waals surface area contributed by atoms with E-state index in [1.165, 1.54) is 0 Å². The van der Waals surface area contributed by atoms with Crippen molar-refractivity contribution in [3.05, 3.63) is 44.7 Å². The number of halogens is 1. The number of ether oxygens (including phenoxy) is 3. The Balaban J connectivity index is 1.48. The van der Waals surface area contributed by atoms with Gasteiger partial charge in [0.2, 0.25) is 11.6 Å². The summed E-state index contributed by atoms with van der Waals surface area (Å²) < 4.78 is 23.3. The van der Waals surface area contributed by atoms with Crippen molar-refractivity contribution in [3.63, 3.8) is 0 Å². The van der Waals surface area contributed by atoms with E-state index in [4.69, 9.17) is 30.3 Å². The average molecular weight is 728 g/mol. The summed E-state index contributed by atoms with van der Waals surface area (Å²) in [6.07, 6.45) is 4.53. The van der Waals surface area contributed by atoms with Crippen LogP contribution in [0, 0.1) is 11.8 Å². The van der Waals surface area contributed by atoms with Gasteiger partial charge in [-0.2, -0.15) is 0 Å². The van der Waals surface area contributed by atoms with Crippen molar-refractivity contribution in [3.8, 4) is 11.6 Å². The van der Waals surface area contributed by atoms with Crippen LogP contribution < -0.4 is 14.8 Å². The van der Waals surface area contributed by atoms with Crippen LogP contribution in [0.3, 0.4) is 0 Å². The van der Waals surface area contributed by atoms with Gasteiger partial charge in [0.25, 0.3) is 5.88 Å². The summed E-state index contributed by atoms with van der Waals surface area (Å²) in [7, 11) is 0. The molecule has 5 atom stereocenters. The molecule has 0 bridgehead atoms. The number of carbonyl (C=O) groups excluding carboxylic acids is 3. The molecule has 51 heavy (non-hydrogen) atoms. The minimum absolute atomic E-state index is 0.0243. The number of aliphatic hydroxyl groups is 2. The number of unbranched alkanes of at least 4 members (excludes halogenated alkanes) is 2. The molecule has 1 amide bonds. The number of fused-ring (bicyclic) bond motifs is 4. The lowest BCUT2D eigenvalue weighted by Crippen LogP contribution is -2.63. The number of aromatic nitrogens is 1. The van der Waals surface area contributed by atoms with E-state index in [1.54, 1.807) is 20.8 Å². The molecule has 1 unspecified atom stereocenters. The fourth-order valence-corrected chi connectivity index (χ4v) is 8.52. The third kappa shape index (κ3) is 6.52. The van der Waals surface area contributed by atoms with Crippen molar-refractivity contribution in [1.82, 2.24) is 15.4 Å². The summed E-state index contributed by atoms with van der Waals surface area (Å²) in [6, 6.07) is 0.769. The zero-order valence-electron chi connectivity index (χ0n) is 30.4. The van der Waals surface area contributed by atoms with Crippen LogP contribution in [0.5, 0.6) is 11.6 Å². The molecule has 12 nitrogen and oxygen atoms in total. The standard InChI is InChI=1S/C38H50ClN3O9/c1-7-10-15-48-25-19-21(24-13-12-14-42(24)9-3)29(39)22-17-20-18-23-30(40-36(46)50-37(4,5)6)32-28(35(41-51-32)49-16-11-8-2)34(45)38(23,47)33(44)26(20)31(43)27(22)25/h19-20,23-24,30,43,47H,7-18H2,1-6H3,(H,40,46)/t20-,23-,24?,30-,38-/m0/s1. The molecule has 3 N–H and O–H groups in total. The molecule has 1 saturated carbocycles. The van der Waals surface area contributed by atoms with Crippen molar-refractivity contribution in [2.45, 2.75) is 116 Å². The molecule has 2 heterocycles. The highest BCUT2D eigenvalue weighted by Gasteiger charge is 2.65. The topological polar surface area (TPSA) is 161 Å². The number of likely N-dealkylation sites (tertiary alicyclic amines) is 1. The van der Waals surface area contributed by atoms with Gasteiger partial charge in [0.05, 0.1) is 18.8 Å². The van der Waals surface area contributed by atoms with Gasteiger partial charge < -0.3 is 34.3 Å². The van der Waals surface area contributed by atoms with Crippen molar-refractivity contribution in [2.75, 3.05) is 26.3 Å². The number of rotatable bonds is 11. The quantitative estimate of drug-likeness (QED) is 0.160. The van der Waals surface area contributed by atoms with Crippen LogP contribution in [-0.4, -0.2) is 75.4 Å². The number of aliphatic hydroxyl groups excluding tert-OH is 1. The number of benzene rings is 1. The molecule has 4 aliphatic rings. The number of nitrogens with zero attached hydrogens (tertiary/aromatic N) is 2. The highest BCUT2D eigenvalue weighted by molar-refractivity contribution is 6.33. The Kier molecular flexibility index (Phi) is 10.5. The summed E-state index contributed by atoms with van der Waals surface area (Å²) >= 11 is 7.25. The van der Waals surface area contributed by atoms with E-state index in [9.17, 15) is 24.6 Å². The van der Waals surface area contributed by atoms with Gasteiger partial charge in [0.15, 0.2) is 11.4 Å². The number of hydrogen-bond donors (Lipinski definition) is 3. The molecule has 278 valence electrons. The van der Waals surface area contributed by atoms with Crippen LogP contribution in [0.4, 0.5) is 4.79 Å². The SMILES string of the molecule is CCCCOc1cc(C2CCCN2CC)c(Cl)c2c1C(O)=C1C(=O)[C@]3(O)C(=O)c4c(OCCCC)noc4[C@@H](NC(=O)OC(C)(C)C)[C@@H]3C[C@@H]1C2. The Morgan fingerprint density at radius 2 is 1.82 bits per heavy atom. The first-order valence-electron chi connectivity index (χ1n) is 18.4. The average Bonchev–Trinajstić information content (AvgIpc) is 3.72. The summed E-state index contributed by atoms with van der Waals surface area (Å²) in [5.41, 5.74) is -1.96. The highest BCUT2D eigenvalue weighted by atomic mass is 35.5. The van der Waals surface area contributed by atoms with E-state index in [2.05, 4.69) is 29.2 Å². The lowest BCUT2D eigenvalue weighted by atomic mass is 9.57. The predicted molar refractivity (Wildman–Crippen MR) is 189 cm³/mol. The third-order valence-electron chi connectivity index (χ3n) is 10.6. The second-order valence-corrected chi connectivity index (χ2v) is 15.5. The van der Waals surface area contributed by atoms with Gasteiger partial charge in [-0.15, -0.1) is 0 Å². The molecule has 2 fully saturated rings. The van der Waals surface area contributed by atoms with Gasteiger partial charge in [0.1, 0.15) is 28.7 Å². The van der Waals surface area contributed by atoms with Gasteiger partial charge in [0, 0.05) is 22.6 Å². The number of carbonyl (C=O) groups is 3. The van der Waals surface area contributed by atoms with Crippen molar-refractivity contribution in [2.24, 2.45) is 11.8 Å². The van der Waals surface area contributed by atoms with E-state index in [1.807, 2.05) is 13.0 Å². The first kappa shape index (κ1) is 37.2. The fraction of sp³-hybridized carbons (Fsp3) is 0.632. The smallest absolute Gasteiger partial charge is 0.408 e. The number of alkyl carbamates (subject to hydrolysis) is 1. The maximum atomic E-state index is 14.7. The first-order chi connectivity index (χ1) is 24.3. The van der Waals surface area contributed by atoms with Crippen LogP contribution in [0.15, 0.2) is 16.2 Å². The Bertz CT molecular complexity index is 1730. The second-order valence-electron chi connectivity index (χ2n) is 15.1. The van der Waals surface area contributed by atoms with E-state index < -0.39 is 46.7 Å². The van der Waals surface area contributed by atoms with Gasteiger partial charge in [-0.25, -0.2) is 4.79 Å². The molecular weight excluding hydrogens is 678 g/mol. The third-order valence-corrected chi connectivity index (χ3v) is 11.1. The van der Waals surface area contributed by atoms with Gasteiger partial charge >= 0.3 is 6.09 Å². The number of ketones is 2. The van der Waals surface area contributed by atoms with E-state index in [0.717, 1.165) is 50.8 Å². The van der Waals surface area contributed by atoms with Crippen LogP contribution in [0.1, 0.15) is 131 Å². The molecule has 2 aromatic rings. The van der Waals surface area contributed by atoms with E-state index in [-0.39, 0.29) is 54.0 Å². The zero-order chi connectivity index (χ0) is 36.8. The van der Waals surface area contributed by atoms with Gasteiger partial charge in [-0.05, 0) is 101 Å². The van der Waals surface area contributed by atoms with E-state index >= 15 is 0 Å². The molecule has 13 heteroatoms. The minimum atomic E-state index is -2.68. The van der Waals surface area contributed by atoms with Crippen LogP contribution in [0.25, 0.3) is 5.76 Å². The minimum Gasteiger partial charge on any atom is -0.507 e. The molecule has 0 radical (unpaired) electrons. The van der Waals surface area contributed by atoms with Crippen LogP contribution in [0.2, 0.25) is 5.02 Å². The zero-order valence-corrected chi connectivity index (χ0v) is 31.2. The summed E-state index contributed by atoms with van der Waals surface area (Å²) in [5, 5.41) is 31.8. The summed E-state index contributed by atoms with van der Waals surface area (Å²) in [5.74, 6) is -3.90. The Hall–Kier alpha value is -3.61. The molecule has 1 aromatic heterocycles. The normalized spacial score (nSPS) is 26.0. The van der Waals surface area contributed by atoms with Crippen LogP contribution in [-0.2, 0) is 16.0 Å². The largest absolute Gasteiger partial charge is 0.507 e. The Morgan fingerprint density at radius 3 is 2.49 bits per heavy atom. The second kappa shape index (κ2) is 14.4. The van der Waals surface area contributed by atoms with Crippen molar-refractivity contribution >= 4 is 35.0 Å². The summed E-state index contributed by atoms with van der Waals surface area (Å²) in [6.45, 7) is 13.7. The number of hydrogen-bond acceptors (Lipinski definition) is 11. The van der Waals surface area contributed by atoms with Crippen molar-refractivity contribution in [1.29, 1.82) is 0 Å². The molecular formula is C38H50ClN3O9. The van der Waals surface area contributed by atoms with Gasteiger partial charge in [-0.1, -0.05) is 45.2 Å². The number of amides is 1. The maximum absolute atomic E-state index is 14.7. The monoisotopic (exact) mass is 727 g/mol. The molecule has 1 saturated heterocycles. The summed E-state index contributed by atoms with van der Waals surface area (Å²) in [4.78, 5) is 44.7. The Morgan fingerprint density at radius 1 is 1.12 bits per heavy atom. The lowest BCUT2D eigenvalue weighted by molar-refractivity contribution is -0.140. The van der Waals surface area contributed by atoms with Crippen LogP contribution >= 0.6 is 11.6 Å². The predicted octanol–water partition coefficient (Wildman–Crippen LogP) is 7.07. The molecule has 6 rings (SSSR count). The maximum Gasteiger partial charge on any atom is 0.408 e. The first-order valence-corrected chi connectivity index (χ1v) is 18.7. The highest BCUT2D eigenvalue weighted by Crippen LogP contribution is 2.56. The Labute approximate surface area is 303 Å². The number of nitrogens with one attached hydrogen (secondary N) is 1. The molecule has 1 aromatic carbocycles. The fourth-order valence-electron chi connectivity index (χ4n) is 8.16. The molecule has 0 spiro atoms. The number of Topliss-reactive ketones (excluding diaryl/α,β-unsaturated/α-hetero) is 2. The molecule has 3 aliphatic carbocycles. The lowest BCUT2D eigenvalue weighted by Gasteiger charge is -2.48. The molecule has 1 aliphatic heterocycles. The van der Waals surface area contributed by atoms with Gasteiger partial charge in [-0.3, -0.25) is 14.5 Å². The van der Waals surface area contributed by atoms with E-state index in [0.29, 0.717) is 34.9 Å².